The maximum absolute atomic E-state index is 12.4. The number of nitro groups is 1. The van der Waals surface area contributed by atoms with Gasteiger partial charge in [0.05, 0.1) is 4.92 Å². The Labute approximate surface area is 140 Å². The summed E-state index contributed by atoms with van der Waals surface area (Å²) in [5.41, 5.74) is 5.64. The van der Waals surface area contributed by atoms with E-state index in [-0.39, 0.29) is 17.2 Å². The number of likely N-dealkylation sites (tertiary alicyclic amines) is 1. The summed E-state index contributed by atoms with van der Waals surface area (Å²) in [5, 5.41) is 13.4. The second-order valence-corrected chi connectivity index (χ2v) is 6.01. The Morgan fingerprint density at radius 3 is 2.67 bits per heavy atom. The zero-order valence-electron chi connectivity index (χ0n) is 13.6. The minimum atomic E-state index is -0.689. The van der Waals surface area contributed by atoms with E-state index in [0.29, 0.717) is 25.6 Å². The van der Waals surface area contributed by atoms with Crippen molar-refractivity contribution in [2.45, 2.75) is 25.8 Å². The normalized spacial score (nSPS) is 16.5. The van der Waals surface area contributed by atoms with Crippen LogP contribution in [0, 0.1) is 16.0 Å². The fourth-order valence-corrected chi connectivity index (χ4v) is 2.77. The number of nitrogens with two attached hydrogens (primary N) is 1. The van der Waals surface area contributed by atoms with Gasteiger partial charge in [0.25, 0.3) is 11.6 Å². The number of amides is 2. The maximum atomic E-state index is 12.4. The molecule has 0 saturated carbocycles. The molecule has 1 aliphatic rings. The van der Waals surface area contributed by atoms with Gasteiger partial charge in [-0.3, -0.25) is 19.7 Å². The van der Waals surface area contributed by atoms with Gasteiger partial charge in [-0.25, -0.2) is 0 Å². The molecule has 8 heteroatoms. The number of carbonyl (C=O) groups is 2. The third-order valence-corrected chi connectivity index (χ3v) is 4.30. The zero-order chi connectivity index (χ0) is 17.7. The van der Waals surface area contributed by atoms with E-state index in [4.69, 9.17) is 5.73 Å². The summed E-state index contributed by atoms with van der Waals surface area (Å²) >= 11 is 0. The summed E-state index contributed by atoms with van der Waals surface area (Å²) in [7, 11) is 0. The molecule has 1 aromatic rings. The highest BCUT2D eigenvalue weighted by atomic mass is 16.6. The summed E-state index contributed by atoms with van der Waals surface area (Å²) in [6, 6.07) is 4.74. The summed E-state index contributed by atoms with van der Waals surface area (Å²) < 4.78 is 0. The van der Waals surface area contributed by atoms with Crippen LogP contribution in [0.15, 0.2) is 24.3 Å². The smallest absolute Gasteiger partial charge is 0.270 e. The Hall–Kier alpha value is -2.48. The van der Waals surface area contributed by atoms with Crippen LogP contribution in [0.1, 0.15) is 30.1 Å². The third-order valence-electron chi connectivity index (χ3n) is 4.30. The molecule has 1 aliphatic heterocycles. The molecular formula is C16H22N4O4. The third kappa shape index (κ3) is 4.29. The Balaban J connectivity index is 1.95. The number of non-ortho nitro benzene ring substituents is 1. The number of piperidine rings is 1. The van der Waals surface area contributed by atoms with Crippen molar-refractivity contribution in [1.29, 1.82) is 0 Å². The van der Waals surface area contributed by atoms with Crippen molar-refractivity contribution >= 4 is 17.5 Å². The maximum Gasteiger partial charge on any atom is 0.270 e. The topological polar surface area (TPSA) is 119 Å². The van der Waals surface area contributed by atoms with Crippen molar-refractivity contribution in [2.24, 2.45) is 11.7 Å². The number of rotatable bonds is 5. The van der Waals surface area contributed by atoms with Gasteiger partial charge in [-0.1, -0.05) is 6.07 Å². The molecule has 2 rings (SSSR count). The Morgan fingerprint density at radius 2 is 2.08 bits per heavy atom. The number of nitro benzene ring substituents is 1. The predicted octanol–water partition coefficient (Wildman–Crippen LogP) is 0.910. The molecule has 1 aromatic carbocycles. The van der Waals surface area contributed by atoms with Gasteiger partial charge in [0.1, 0.15) is 6.04 Å². The predicted molar refractivity (Wildman–Crippen MR) is 88.4 cm³/mol. The quantitative estimate of drug-likeness (QED) is 0.613. The monoisotopic (exact) mass is 334 g/mol. The second-order valence-electron chi connectivity index (χ2n) is 6.01. The van der Waals surface area contributed by atoms with Gasteiger partial charge in [-0.15, -0.1) is 0 Å². The molecule has 1 atom stereocenters. The zero-order valence-corrected chi connectivity index (χ0v) is 13.6. The highest BCUT2D eigenvalue weighted by Gasteiger charge is 2.26. The van der Waals surface area contributed by atoms with E-state index in [1.807, 2.05) is 0 Å². The summed E-state index contributed by atoms with van der Waals surface area (Å²) in [6.45, 7) is 3.52. The van der Waals surface area contributed by atoms with Gasteiger partial charge in [0.15, 0.2) is 0 Å². The van der Waals surface area contributed by atoms with Crippen molar-refractivity contribution in [2.75, 3.05) is 19.6 Å². The van der Waals surface area contributed by atoms with Crippen LogP contribution in [-0.2, 0) is 4.79 Å². The molecule has 1 saturated heterocycles. The van der Waals surface area contributed by atoms with Crippen LogP contribution in [0.25, 0.3) is 0 Å². The van der Waals surface area contributed by atoms with Crippen molar-refractivity contribution in [3.8, 4) is 0 Å². The van der Waals surface area contributed by atoms with Crippen LogP contribution < -0.4 is 11.1 Å². The van der Waals surface area contributed by atoms with E-state index in [0.717, 1.165) is 12.8 Å². The van der Waals surface area contributed by atoms with Crippen LogP contribution in [0.3, 0.4) is 0 Å². The van der Waals surface area contributed by atoms with E-state index in [9.17, 15) is 19.7 Å². The van der Waals surface area contributed by atoms with E-state index in [1.54, 1.807) is 11.8 Å². The highest BCUT2D eigenvalue weighted by molar-refractivity contribution is 5.97. The molecule has 3 N–H and O–H groups in total. The van der Waals surface area contributed by atoms with Crippen LogP contribution >= 0.6 is 0 Å². The Bertz CT molecular complexity index is 626. The summed E-state index contributed by atoms with van der Waals surface area (Å²) in [4.78, 5) is 36.5. The van der Waals surface area contributed by atoms with Crippen LogP contribution in [0.2, 0.25) is 0 Å². The molecule has 1 heterocycles. The molecule has 0 bridgehead atoms. The second kappa shape index (κ2) is 7.87. The summed E-state index contributed by atoms with van der Waals surface area (Å²) in [5.74, 6) is -0.204. The first kappa shape index (κ1) is 17.9. The highest BCUT2D eigenvalue weighted by Crippen LogP contribution is 2.17. The van der Waals surface area contributed by atoms with Gasteiger partial charge in [-0.05, 0) is 38.3 Å². The molecule has 1 fully saturated rings. The molecule has 130 valence electrons. The van der Waals surface area contributed by atoms with Crippen molar-refractivity contribution in [3.05, 3.63) is 39.9 Å². The van der Waals surface area contributed by atoms with Crippen LogP contribution in [0.4, 0.5) is 5.69 Å². The molecule has 0 aromatic heterocycles. The molecule has 8 nitrogen and oxygen atoms in total. The van der Waals surface area contributed by atoms with E-state index >= 15 is 0 Å². The Kier molecular flexibility index (Phi) is 5.86. The first-order valence-electron chi connectivity index (χ1n) is 7.96. The fraction of sp³-hybridized carbons (Fsp3) is 0.500. The van der Waals surface area contributed by atoms with E-state index in [1.165, 1.54) is 24.3 Å². The van der Waals surface area contributed by atoms with Crippen molar-refractivity contribution in [3.63, 3.8) is 0 Å². The SMILES string of the molecule is CC(NC(=O)c1cccc([N+](=O)[O-])c1)C(=O)N1CCC(CN)CC1. The Morgan fingerprint density at radius 1 is 1.42 bits per heavy atom. The minimum Gasteiger partial charge on any atom is -0.341 e. The van der Waals surface area contributed by atoms with Crippen LogP contribution in [-0.4, -0.2) is 47.3 Å². The number of hydrogen-bond acceptors (Lipinski definition) is 5. The van der Waals surface area contributed by atoms with Gasteiger partial charge in [0, 0.05) is 30.8 Å². The number of nitrogens with zero attached hydrogens (tertiary/aromatic N) is 2. The minimum absolute atomic E-state index is 0.149. The lowest BCUT2D eigenvalue weighted by atomic mass is 9.97. The lowest BCUT2D eigenvalue weighted by Gasteiger charge is -2.33. The molecule has 2 amide bonds. The van der Waals surface area contributed by atoms with Crippen LogP contribution in [0.5, 0.6) is 0 Å². The standard InChI is InChI=1S/C16H22N4O4/c1-11(16(22)19-7-5-12(10-17)6-8-19)18-15(21)13-3-2-4-14(9-13)20(23)24/h2-4,9,11-12H,5-8,10,17H2,1H3,(H,18,21). The fourth-order valence-electron chi connectivity index (χ4n) is 2.77. The van der Waals surface area contributed by atoms with Gasteiger partial charge >= 0.3 is 0 Å². The molecule has 24 heavy (non-hydrogen) atoms. The van der Waals surface area contributed by atoms with Gasteiger partial charge in [-0.2, -0.15) is 0 Å². The lowest BCUT2D eigenvalue weighted by Crippen LogP contribution is -2.49. The van der Waals surface area contributed by atoms with Crippen molar-refractivity contribution < 1.29 is 14.5 Å². The number of benzene rings is 1. The van der Waals surface area contributed by atoms with E-state index < -0.39 is 16.9 Å². The average Bonchev–Trinajstić information content (AvgIpc) is 2.61. The molecular weight excluding hydrogens is 312 g/mol. The lowest BCUT2D eigenvalue weighted by molar-refractivity contribution is -0.384. The van der Waals surface area contributed by atoms with Gasteiger partial charge < -0.3 is 16.0 Å². The van der Waals surface area contributed by atoms with E-state index in [2.05, 4.69) is 5.32 Å². The largest absolute Gasteiger partial charge is 0.341 e. The molecule has 0 spiro atoms. The van der Waals surface area contributed by atoms with Crippen molar-refractivity contribution in [1.82, 2.24) is 10.2 Å². The molecule has 1 unspecified atom stereocenters. The summed E-state index contributed by atoms with van der Waals surface area (Å²) in [6.07, 6.45) is 1.74. The number of nitrogens with one attached hydrogen (secondary N) is 1. The van der Waals surface area contributed by atoms with Gasteiger partial charge in [0.2, 0.25) is 5.91 Å². The number of carbonyl (C=O) groups excluding carboxylic acids is 2. The molecule has 0 aliphatic carbocycles. The first-order valence-corrected chi connectivity index (χ1v) is 7.96. The first-order chi connectivity index (χ1) is 11.4. The average molecular weight is 334 g/mol. The number of hydrogen-bond donors (Lipinski definition) is 2. The molecule has 0 radical (unpaired) electrons.